The molecule has 3 rings (SSSR count). The summed E-state index contributed by atoms with van der Waals surface area (Å²) in [5.74, 6) is 1.25. The van der Waals surface area contributed by atoms with Crippen LogP contribution < -0.4 is 10.2 Å². The molecule has 0 amide bonds. The smallest absolute Gasteiger partial charge is 0.223 e. The number of nitrogens with zero attached hydrogens (tertiary/aromatic N) is 3. The molecular weight excluding hydrogens is 228 g/mol. The minimum Gasteiger partial charge on any atom is -0.369 e. The van der Waals surface area contributed by atoms with E-state index in [0.717, 1.165) is 31.7 Å². The number of rotatable bonds is 2. The lowest BCUT2D eigenvalue weighted by Gasteiger charge is -2.29. The highest BCUT2D eigenvalue weighted by atomic mass is 16.5. The summed E-state index contributed by atoms with van der Waals surface area (Å²) in [6, 6.07) is 8.32. The van der Waals surface area contributed by atoms with E-state index >= 15 is 0 Å². The topological polar surface area (TPSA) is 54.2 Å². The van der Waals surface area contributed by atoms with Gasteiger partial charge in [-0.3, -0.25) is 0 Å². The first kappa shape index (κ1) is 11.2. The zero-order chi connectivity index (χ0) is 12.4. The summed E-state index contributed by atoms with van der Waals surface area (Å²) < 4.78 is 4.99. The van der Waals surface area contributed by atoms with Crippen molar-refractivity contribution in [2.45, 2.75) is 6.92 Å². The van der Waals surface area contributed by atoms with E-state index in [-0.39, 0.29) is 0 Å². The number of anilines is 1. The summed E-state index contributed by atoms with van der Waals surface area (Å²) in [6.07, 6.45) is 0. The van der Waals surface area contributed by atoms with Crippen LogP contribution in [0.1, 0.15) is 5.89 Å². The summed E-state index contributed by atoms with van der Waals surface area (Å²) in [5, 5.41) is 7.27. The fraction of sp³-hybridized carbons (Fsp3) is 0.385. The largest absolute Gasteiger partial charge is 0.369 e. The molecule has 1 aromatic heterocycles. The van der Waals surface area contributed by atoms with E-state index in [1.165, 1.54) is 5.69 Å². The van der Waals surface area contributed by atoms with Crippen molar-refractivity contribution in [1.29, 1.82) is 0 Å². The Morgan fingerprint density at radius 2 is 1.89 bits per heavy atom. The lowest BCUT2D eigenvalue weighted by molar-refractivity contribution is 0.394. The van der Waals surface area contributed by atoms with Gasteiger partial charge in [0.1, 0.15) is 0 Å². The fourth-order valence-corrected chi connectivity index (χ4v) is 2.16. The van der Waals surface area contributed by atoms with Gasteiger partial charge in [-0.05, 0) is 24.3 Å². The number of aromatic nitrogens is 2. The second-order valence-electron chi connectivity index (χ2n) is 4.42. The van der Waals surface area contributed by atoms with Gasteiger partial charge in [-0.1, -0.05) is 5.16 Å². The van der Waals surface area contributed by atoms with E-state index in [1.54, 1.807) is 6.92 Å². The average Bonchev–Trinajstić information content (AvgIpc) is 2.87. The van der Waals surface area contributed by atoms with Crippen molar-refractivity contribution in [3.8, 4) is 11.4 Å². The van der Waals surface area contributed by atoms with Gasteiger partial charge >= 0.3 is 0 Å². The van der Waals surface area contributed by atoms with E-state index in [9.17, 15) is 0 Å². The first-order chi connectivity index (χ1) is 8.83. The Hall–Kier alpha value is -1.88. The van der Waals surface area contributed by atoms with E-state index in [1.807, 2.05) is 12.1 Å². The first-order valence-corrected chi connectivity index (χ1v) is 6.19. The zero-order valence-electron chi connectivity index (χ0n) is 10.4. The van der Waals surface area contributed by atoms with Crippen molar-refractivity contribution in [1.82, 2.24) is 15.5 Å². The van der Waals surface area contributed by atoms with Gasteiger partial charge < -0.3 is 14.7 Å². The lowest BCUT2D eigenvalue weighted by atomic mass is 10.1. The number of hydrogen-bond donors (Lipinski definition) is 1. The van der Waals surface area contributed by atoms with Gasteiger partial charge in [0.25, 0.3) is 0 Å². The zero-order valence-corrected chi connectivity index (χ0v) is 10.4. The van der Waals surface area contributed by atoms with E-state index in [2.05, 4.69) is 32.5 Å². The maximum absolute atomic E-state index is 4.99. The molecule has 1 fully saturated rings. The van der Waals surface area contributed by atoms with Gasteiger partial charge in [0.2, 0.25) is 11.7 Å². The summed E-state index contributed by atoms with van der Waals surface area (Å²) >= 11 is 0. The quantitative estimate of drug-likeness (QED) is 0.866. The maximum Gasteiger partial charge on any atom is 0.223 e. The molecule has 0 atom stereocenters. The second-order valence-corrected chi connectivity index (χ2v) is 4.42. The molecule has 2 aromatic rings. The predicted octanol–water partition coefficient (Wildman–Crippen LogP) is 1.45. The van der Waals surface area contributed by atoms with Crippen LogP contribution in [0, 0.1) is 6.92 Å². The van der Waals surface area contributed by atoms with Gasteiger partial charge in [-0.25, -0.2) is 0 Å². The Labute approximate surface area is 106 Å². The third kappa shape index (κ3) is 2.22. The molecule has 94 valence electrons. The number of nitrogens with one attached hydrogen (secondary N) is 1. The average molecular weight is 244 g/mol. The molecule has 2 heterocycles. The van der Waals surface area contributed by atoms with Crippen LogP contribution in [0.5, 0.6) is 0 Å². The molecule has 1 aliphatic heterocycles. The Kier molecular flexibility index (Phi) is 2.98. The molecule has 5 nitrogen and oxygen atoms in total. The molecule has 5 heteroatoms. The standard InChI is InChI=1S/C13H16N4O/c1-10-15-13(16-18-10)11-2-4-12(5-3-11)17-8-6-14-7-9-17/h2-5,14H,6-9H2,1H3. The van der Waals surface area contributed by atoms with Gasteiger partial charge in [0.15, 0.2) is 0 Å². The Bertz CT molecular complexity index is 514. The summed E-state index contributed by atoms with van der Waals surface area (Å²) in [7, 11) is 0. The molecule has 0 aliphatic carbocycles. The van der Waals surface area contributed by atoms with Crippen LogP contribution in [0.3, 0.4) is 0 Å². The molecule has 0 radical (unpaired) electrons. The van der Waals surface area contributed by atoms with E-state index in [0.29, 0.717) is 11.7 Å². The lowest BCUT2D eigenvalue weighted by Crippen LogP contribution is -2.43. The Balaban J connectivity index is 1.80. The van der Waals surface area contributed by atoms with Crippen LogP contribution in [0.15, 0.2) is 28.8 Å². The summed E-state index contributed by atoms with van der Waals surface area (Å²) in [6.45, 7) is 6.00. The Morgan fingerprint density at radius 1 is 1.17 bits per heavy atom. The van der Waals surface area contributed by atoms with E-state index < -0.39 is 0 Å². The molecule has 1 N–H and O–H groups in total. The monoisotopic (exact) mass is 244 g/mol. The number of hydrogen-bond acceptors (Lipinski definition) is 5. The van der Waals surface area contributed by atoms with Gasteiger partial charge in [0, 0.05) is 44.4 Å². The maximum atomic E-state index is 4.99. The molecule has 18 heavy (non-hydrogen) atoms. The summed E-state index contributed by atoms with van der Waals surface area (Å²) in [5.41, 5.74) is 2.24. The van der Waals surface area contributed by atoms with Crippen LogP contribution in [0.25, 0.3) is 11.4 Å². The molecule has 1 aliphatic rings. The van der Waals surface area contributed by atoms with Crippen LogP contribution in [-0.4, -0.2) is 36.3 Å². The van der Waals surface area contributed by atoms with Crippen molar-refractivity contribution in [3.05, 3.63) is 30.2 Å². The van der Waals surface area contributed by atoms with Crippen molar-refractivity contribution in [3.63, 3.8) is 0 Å². The number of piperazine rings is 1. The SMILES string of the molecule is Cc1nc(-c2ccc(N3CCNCC3)cc2)no1. The second kappa shape index (κ2) is 4.78. The number of benzene rings is 1. The van der Waals surface area contributed by atoms with Gasteiger partial charge in [-0.2, -0.15) is 4.98 Å². The van der Waals surface area contributed by atoms with Crippen molar-refractivity contribution in [2.75, 3.05) is 31.1 Å². The third-order valence-corrected chi connectivity index (χ3v) is 3.14. The molecule has 1 aromatic carbocycles. The van der Waals surface area contributed by atoms with Crippen molar-refractivity contribution < 1.29 is 4.52 Å². The van der Waals surface area contributed by atoms with Crippen LogP contribution in [-0.2, 0) is 0 Å². The number of aryl methyl sites for hydroxylation is 1. The fourth-order valence-electron chi connectivity index (χ4n) is 2.16. The first-order valence-electron chi connectivity index (χ1n) is 6.19. The highest BCUT2D eigenvalue weighted by molar-refractivity contribution is 5.60. The molecule has 0 saturated carbocycles. The molecule has 0 unspecified atom stereocenters. The highest BCUT2D eigenvalue weighted by Crippen LogP contribution is 2.21. The van der Waals surface area contributed by atoms with Crippen molar-refractivity contribution >= 4 is 5.69 Å². The predicted molar refractivity (Wildman–Crippen MR) is 69.6 cm³/mol. The van der Waals surface area contributed by atoms with Crippen LogP contribution in [0.4, 0.5) is 5.69 Å². The van der Waals surface area contributed by atoms with Crippen molar-refractivity contribution in [2.24, 2.45) is 0 Å². The third-order valence-electron chi connectivity index (χ3n) is 3.14. The van der Waals surface area contributed by atoms with E-state index in [4.69, 9.17) is 4.52 Å². The minimum absolute atomic E-state index is 0.594. The van der Waals surface area contributed by atoms with Crippen LogP contribution in [0.2, 0.25) is 0 Å². The summed E-state index contributed by atoms with van der Waals surface area (Å²) in [4.78, 5) is 6.60. The molecular formula is C13H16N4O. The molecule has 0 spiro atoms. The molecule has 0 bridgehead atoms. The minimum atomic E-state index is 0.594. The van der Waals surface area contributed by atoms with Gasteiger partial charge in [-0.15, -0.1) is 0 Å². The molecule has 1 saturated heterocycles. The highest BCUT2D eigenvalue weighted by Gasteiger charge is 2.11. The Morgan fingerprint density at radius 3 is 2.50 bits per heavy atom. The normalized spacial score (nSPS) is 15.9. The van der Waals surface area contributed by atoms with Crippen LogP contribution >= 0.6 is 0 Å². The van der Waals surface area contributed by atoms with Gasteiger partial charge in [0.05, 0.1) is 0 Å².